The molecule has 3 heterocycles. The minimum absolute atomic E-state index is 0.520. The first-order valence-corrected chi connectivity index (χ1v) is 9.49. The third-order valence-electron chi connectivity index (χ3n) is 4.38. The minimum Gasteiger partial charge on any atom is -0.308 e. The van der Waals surface area contributed by atoms with Crippen LogP contribution in [0.1, 0.15) is 0 Å². The van der Waals surface area contributed by atoms with Gasteiger partial charge in [0.05, 0.1) is 20.8 Å². The third kappa shape index (κ3) is 2.44. The summed E-state index contributed by atoms with van der Waals surface area (Å²) in [4.78, 5) is 14.2. The van der Waals surface area contributed by atoms with Crippen molar-refractivity contribution in [1.82, 2.24) is 9.97 Å². The Morgan fingerprint density at radius 1 is 0.800 bits per heavy atom. The van der Waals surface area contributed by atoms with E-state index in [0.29, 0.717) is 12.4 Å². The molecule has 3 nitrogen and oxygen atoms in total. The van der Waals surface area contributed by atoms with Crippen LogP contribution in [0.15, 0.2) is 70.5 Å². The molecule has 0 saturated heterocycles. The average molecular weight is 364 g/mol. The summed E-state index contributed by atoms with van der Waals surface area (Å²) in [7, 11) is 0. The highest BCUT2D eigenvalue weighted by Gasteiger charge is 2.26. The SMILES string of the molecule is ClCCN1c2nc3ccccc3cc2Sc2cc3ccccc3nc21. The topological polar surface area (TPSA) is 29.0 Å². The molecule has 0 spiro atoms. The highest BCUT2D eigenvalue weighted by atomic mass is 35.5. The Morgan fingerprint density at radius 2 is 1.32 bits per heavy atom. The summed E-state index contributed by atoms with van der Waals surface area (Å²) in [6.07, 6.45) is 0. The predicted octanol–water partition coefficient (Wildman–Crippen LogP) is 5.62. The molecule has 5 rings (SSSR count). The van der Waals surface area contributed by atoms with Crippen molar-refractivity contribution in [2.75, 3.05) is 17.3 Å². The Morgan fingerprint density at radius 3 is 1.84 bits per heavy atom. The first-order valence-electron chi connectivity index (χ1n) is 8.14. The van der Waals surface area contributed by atoms with E-state index in [1.54, 1.807) is 11.8 Å². The summed E-state index contributed by atoms with van der Waals surface area (Å²) in [5, 5.41) is 2.30. The highest BCUT2D eigenvalue weighted by Crippen LogP contribution is 2.48. The fourth-order valence-corrected chi connectivity index (χ4v) is 4.50. The zero-order valence-corrected chi connectivity index (χ0v) is 14.9. The van der Waals surface area contributed by atoms with Crippen molar-refractivity contribution in [3.63, 3.8) is 0 Å². The second-order valence-corrected chi connectivity index (χ2v) is 7.41. The van der Waals surface area contributed by atoms with Gasteiger partial charge in [-0.1, -0.05) is 48.2 Å². The van der Waals surface area contributed by atoms with E-state index < -0.39 is 0 Å². The van der Waals surface area contributed by atoms with E-state index in [4.69, 9.17) is 21.6 Å². The quantitative estimate of drug-likeness (QED) is 0.432. The third-order valence-corrected chi connectivity index (χ3v) is 5.59. The lowest BCUT2D eigenvalue weighted by molar-refractivity contribution is 0.930. The van der Waals surface area contributed by atoms with E-state index in [1.165, 1.54) is 0 Å². The van der Waals surface area contributed by atoms with Gasteiger partial charge in [0.1, 0.15) is 11.6 Å². The summed E-state index contributed by atoms with van der Waals surface area (Å²) in [5.74, 6) is 2.41. The predicted molar refractivity (Wildman–Crippen MR) is 105 cm³/mol. The van der Waals surface area contributed by atoms with Gasteiger partial charge < -0.3 is 4.90 Å². The maximum absolute atomic E-state index is 6.10. The van der Waals surface area contributed by atoms with Crippen LogP contribution in [0.25, 0.3) is 21.8 Å². The Kier molecular flexibility index (Phi) is 3.54. The molecular formula is C20H14ClN3S. The van der Waals surface area contributed by atoms with Crippen LogP contribution in [-0.4, -0.2) is 22.4 Å². The van der Waals surface area contributed by atoms with Crippen LogP contribution in [0.5, 0.6) is 0 Å². The van der Waals surface area contributed by atoms with Gasteiger partial charge >= 0.3 is 0 Å². The van der Waals surface area contributed by atoms with Crippen molar-refractivity contribution in [2.45, 2.75) is 9.79 Å². The average Bonchev–Trinajstić information content (AvgIpc) is 2.65. The Hall–Kier alpha value is -2.30. The van der Waals surface area contributed by atoms with Gasteiger partial charge in [0.15, 0.2) is 0 Å². The maximum atomic E-state index is 6.10. The molecule has 1 aliphatic heterocycles. The summed E-state index contributed by atoms with van der Waals surface area (Å²) >= 11 is 7.83. The molecule has 0 amide bonds. The fraction of sp³-hybridized carbons (Fsp3) is 0.100. The van der Waals surface area contributed by atoms with Gasteiger partial charge in [-0.05, 0) is 24.3 Å². The van der Waals surface area contributed by atoms with Crippen molar-refractivity contribution in [3.05, 3.63) is 60.7 Å². The smallest absolute Gasteiger partial charge is 0.149 e. The first-order chi connectivity index (χ1) is 12.3. The molecule has 0 saturated carbocycles. The molecule has 0 radical (unpaired) electrons. The van der Waals surface area contributed by atoms with Gasteiger partial charge in [-0.25, -0.2) is 9.97 Å². The number of aromatic nitrogens is 2. The zero-order valence-electron chi connectivity index (χ0n) is 13.3. The Balaban J connectivity index is 1.76. The van der Waals surface area contributed by atoms with Crippen LogP contribution in [0.2, 0.25) is 0 Å². The molecule has 0 atom stereocenters. The molecule has 122 valence electrons. The summed E-state index contributed by atoms with van der Waals surface area (Å²) in [6.45, 7) is 0.679. The number of pyridine rings is 2. The fourth-order valence-electron chi connectivity index (χ4n) is 3.22. The van der Waals surface area contributed by atoms with Gasteiger partial charge in [-0.15, -0.1) is 11.6 Å². The molecule has 0 fully saturated rings. The van der Waals surface area contributed by atoms with E-state index >= 15 is 0 Å². The van der Waals surface area contributed by atoms with Crippen LogP contribution in [0, 0.1) is 0 Å². The van der Waals surface area contributed by atoms with Crippen LogP contribution < -0.4 is 4.90 Å². The lowest BCUT2D eigenvalue weighted by Crippen LogP contribution is -2.25. The Bertz CT molecular complexity index is 1030. The number of alkyl halides is 1. The lowest BCUT2D eigenvalue weighted by Gasteiger charge is -2.30. The molecule has 0 unspecified atom stereocenters. The molecule has 4 aromatic rings. The van der Waals surface area contributed by atoms with E-state index in [0.717, 1.165) is 43.2 Å². The monoisotopic (exact) mass is 363 g/mol. The molecule has 0 N–H and O–H groups in total. The van der Waals surface area contributed by atoms with Crippen molar-refractivity contribution in [1.29, 1.82) is 0 Å². The van der Waals surface area contributed by atoms with Crippen LogP contribution >= 0.6 is 23.4 Å². The molecule has 0 bridgehead atoms. The molecule has 5 heteroatoms. The molecule has 25 heavy (non-hydrogen) atoms. The van der Waals surface area contributed by atoms with E-state index in [9.17, 15) is 0 Å². The Labute approximate surface area is 154 Å². The van der Waals surface area contributed by atoms with Gasteiger partial charge in [0.2, 0.25) is 0 Å². The number of hydrogen-bond donors (Lipinski definition) is 0. The summed E-state index contributed by atoms with van der Waals surface area (Å²) in [5.41, 5.74) is 1.98. The summed E-state index contributed by atoms with van der Waals surface area (Å²) in [6, 6.07) is 20.8. The van der Waals surface area contributed by atoms with Crippen molar-refractivity contribution in [3.8, 4) is 0 Å². The normalized spacial score (nSPS) is 13.1. The number of halogens is 1. The van der Waals surface area contributed by atoms with Gasteiger partial charge in [0, 0.05) is 23.2 Å². The number of para-hydroxylation sites is 2. The van der Waals surface area contributed by atoms with Gasteiger partial charge in [0.25, 0.3) is 0 Å². The van der Waals surface area contributed by atoms with Gasteiger partial charge in [-0.3, -0.25) is 0 Å². The van der Waals surface area contributed by atoms with Gasteiger partial charge in [-0.2, -0.15) is 0 Å². The molecular weight excluding hydrogens is 350 g/mol. The number of anilines is 2. The van der Waals surface area contributed by atoms with Crippen molar-refractivity contribution in [2.24, 2.45) is 0 Å². The van der Waals surface area contributed by atoms with Crippen molar-refractivity contribution >= 4 is 56.8 Å². The largest absolute Gasteiger partial charge is 0.308 e. The highest BCUT2D eigenvalue weighted by molar-refractivity contribution is 7.99. The number of fused-ring (bicyclic) bond motifs is 4. The van der Waals surface area contributed by atoms with E-state index in [2.05, 4.69) is 29.2 Å². The van der Waals surface area contributed by atoms with Crippen LogP contribution in [-0.2, 0) is 0 Å². The molecule has 0 aliphatic carbocycles. The molecule has 2 aromatic carbocycles. The standard InChI is InChI=1S/C20H14ClN3S/c21-9-10-24-19-17(11-13-5-1-3-7-15(13)22-19)25-18-12-14-6-2-4-8-16(14)23-20(18)24/h1-8,11-12H,9-10H2. The second kappa shape index (κ2) is 5.90. The van der Waals surface area contributed by atoms with Crippen LogP contribution in [0.3, 0.4) is 0 Å². The number of hydrogen-bond acceptors (Lipinski definition) is 4. The van der Waals surface area contributed by atoms with Crippen LogP contribution in [0.4, 0.5) is 11.6 Å². The number of benzene rings is 2. The lowest BCUT2D eigenvalue weighted by atomic mass is 10.2. The van der Waals surface area contributed by atoms with Crippen molar-refractivity contribution < 1.29 is 0 Å². The number of rotatable bonds is 2. The first kappa shape index (κ1) is 15.0. The van der Waals surface area contributed by atoms with E-state index in [-0.39, 0.29) is 0 Å². The maximum Gasteiger partial charge on any atom is 0.149 e. The zero-order chi connectivity index (χ0) is 16.8. The molecule has 1 aliphatic rings. The minimum atomic E-state index is 0.520. The van der Waals surface area contributed by atoms with E-state index in [1.807, 2.05) is 36.4 Å². The number of nitrogens with zero attached hydrogens (tertiary/aromatic N) is 3. The summed E-state index contributed by atoms with van der Waals surface area (Å²) < 4.78 is 0. The molecule has 2 aromatic heterocycles. The second-order valence-electron chi connectivity index (χ2n) is 5.95.